The fourth-order valence-electron chi connectivity index (χ4n) is 13.3. The van der Waals surface area contributed by atoms with Crippen LogP contribution in [0.2, 0.25) is 0 Å². The van der Waals surface area contributed by atoms with Gasteiger partial charge >= 0.3 is 0 Å². The molecule has 17 unspecified atom stereocenters. The summed E-state index contributed by atoms with van der Waals surface area (Å²) < 4.78 is 34.4. The predicted molar refractivity (Wildman–Crippen MR) is 415 cm³/mol. The first-order valence-corrected chi connectivity index (χ1v) is 41.1. The third kappa shape index (κ3) is 43.6. The van der Waals surface area contributed by atoms with Gasteiger partial charge in [0.05, 0.1) is 38.6 Å². The molecule has 3 aliphatic heterocycles. The van der Waals surface area contributed by atoms with Crippen LogP contribution in [0.1, 0.15) is 290 Å². The van der Waals surface area contributed by atoms with Gasteiger partial charge in [-0.25, -0.2) is 0 Å². The minimum atomic E-state index is -1.99. The average Bonchev–Trinajstić information content (AvgIpc) is 0.783. The van der Waals surface area contributed by atoms with E-state index in [4.69, 9.17) is 28.4 Å². The minimum Gasteiger partial charge on any atom is -0.394 e. The number of hydrogen-bond acceptors (Lipinski definition) is 18. The number of ether oxygens (including phenoxy) is 6. The summed E-state index contributed by atoms with van der Waals surface area (Å²) in [5.74, 6) is -0.319. The molecule has 0 aliphatic carbocycles. The number of amides is 1. The second-order valence-corrected chi connectivity index (χ2v) is 28.9. The maximum absolute atomic E-state index is 13.5. The van der Waals surface area contributed by atoms with Gasteiger partial charge in [0.1, 0.15) is 73.2 Å². The highest BCUT2D eigenvalue weighted by Gasteiger charge is 2.54. The van der Waals surface area contributed by atoms with Crippen LogP contribution in [0.15, 0.2) is 109 Å². The van der Waals surface area contributed by atoms with Gasteiger partial charge in [0.15, 0.2) is 18.9 Å². The van der Waals surface area contributed by atoms with E-state index in [2.05, 4.69) is 116 Å². The molecular weight excluding hydrogens is 1320 g/mol. The fraction of sp³-hybridized carbons (Fsp3) is 0.776. The molecule has 3 rings (SSSR count). The van der Waals surface area contributed by atoms with Crippen molar-refractivity contribution in [3.8, 4) is 0 Å². The Labute approximate surface area is 627 Å². The van der Waals surface area contributed by atoms with Crippen molar-refractivity contribution < 1.29 is 89.4 Å². The van der Waals surface area contributed by atoms with Gasteiger partial charge in [0, 0.05) is 6.42 Å². The van der Waals surface area contributed by atoms with E-state index in [0.717, 1.165) is 89.9 Å². The Kier molecular flexibility index (Phi) is 58.5. The zero-order valence-electron chi connectivity index (χ0n) is 64.2. The number of carbonyl (C=O) groups is 1. The first kappa shape index (κ1) is 94.7. The lowest BCUT2D eigenvalue weighted by Gasteiger charge is -2.48. The summed E-state index contributed by atoms with van der Waals surface area (Å²) >= 11 is 0. The third-order valence-electron chi connectivity index (χ3n) is 19.8. The molecule has 3 heterocycles. The molecule has 17 atom stereocenters. The van der Waals surface area contributed by atoms with Crippen LogP contribution in [0.5, 0.6) is 0 Å². The van der Waals surface area contributed by atoms with Crippen LogP contribution >= 0.6 is 0 Å². The lowest BCUT2D eigenvalue weighted by molar-refractivity contribution is -0.379. The molecule has 3 fully saturated rings. The SMILES string of the molecule is CC/C=C\C/C=C\C/C=C\C/C=C\C/C=C\C/C=C\C/C=C\C/C=C\CCCCC(=O)NC(COC1OC(CO)C(OC2OC(CO)C(OC3OC(CO)C(O)C(O)C3O)C(O)C2O)C(O)C1O)C(O)/C=C/CCCCCCCCCCCCCCCCCCCCCCCCCCCCCCCC. The number of aliphatic hydroxyl groups is 11. The quantitative estimate of drug-likeness (QED) is 0.0199. The molecule has 3 aliphatic rings. The van der Waals surface area contributed by atoms with Crippen molar-refractivity contribution in [3.05, 3.63) is 109 Å². The maximum Gasteiger partial charge on any atom is 0.220 e. The van der Waals surface area contributed by atoms with E-state index in [1.54, 1.807) is 6.08 Å². The smallest absolute Gasteiger partial charge is 0.220 e. The van der Waals surface area contributed by atoms with E-state index in [-0.39, 0.29) is 18.9 Å². The summed E-state index contributed by atoms with van der Waals surface area (Å²) in [7, 11) is 0. The number of rotatable bonds is 64. The molecule has 0 spiro atoms. The van der Waals surface area contributed by atoms with Gasteiger partial charge in [-0.15, -0.1) is 0 Å². The minimum absolute atomic E-state index is 0.181. The third-order valence-corrected chi connectivity index (χ3v) is 19.8. The Bertz CT molecular complexity index is 2300. The Morgan fingerprint density at radius 1 is 0.356 bits per heavy atom. The number of aliphatic hydroxyl groups excluding tert-OH is 11. The summed E-state index contributed by atoms with van der Waals surface area (Å²) in [6.07, 6.45) is 62.2. The Morgan fingerprint density at radius 2 is 0.663 bits per heavy atom. The molecule has 0 radical (unpaired) electrons. The molecule has 0 aromatic carbocycles. The average molecular weight is 1470 g/mol. The standard InChI is InChI=1S/C85H147NO18/c1-3-5-7-9-11-13-15-17-19-21-23-25-27-29-31-32-33-34-35-37-38-40-42-44-46-48-50-52-54-56-58-60-62-69(90)68(86-73(91)63-61-59-57-55-53-51-49-47-45-43-41-39-36-30-28-26-24-22-20-18-16-14-12-10-8-6-4-2)67-99-83-79(97)76(94)81(71(65-88)101-83)104-85-80(98)77(95)82(72(66-89)102-85)103-84-78(96)75(93)74(92)70(64-87)100-84/h6,8,12,14,18,20,24,26,30,36,41,43,47,49,53,55,60,62,68-72,74-85,87-90,92-98H,3-5,7,9-11,13,15-17,19,21-23,25,27-29,31-35,37-40,42,44-46,48,50-52,54,56-59,61,63-67H2,1-2H3,(H,86,91)/b8-6-,14-12-,20-18-,26-24-,36-30-,43-41-,49-47-,55-53-,62-60+. The molecule has 600 valence electrons. The predicted octanol–water partition coefficient (Wildman–Crippen LogP) is 14.1. The van der Waals surface area contributed by atoms with Crippen LogP contribution in [0.4, 0.5) is 0 Å². The summed E-state index contributed by atoms with van der Waals surface area (Å²) in [4.78, 5) is 13.5. The van der Waals surface area contributed by atoms with Gasteiger partial charge in [0.2, 0.25) is 5.91 Å². The number of carbonyl (C=O) groups excluding carboxylic acids is 1. The zero-order chi connectivity index (χ0) is 75.3. The summed E-state index contributed by atoms with van der Waals surface area (Å²) in [5.41, 5.74) is 0. The molecular formula is C85H147NO18. The lowest BCUT2D eigenvalue weighted by atomic mass is 9.96. The van der Waals surface area contributed by atoms with Crippen LogP contribution in [0, 0.1) is 0 Å². The summed E-state index contributed by atoms with van der Waals surface area (Å²) in [6.45, 7) is 1.61. The van der Waals surface area contributed by atoms with Crippen molar-refractivity contribution in [2.45, 2.75) is 394 Å². The molecule has 0 bridgehead atoms. The van der Waals surface area contributed by atoms with Crippen LogP contribution < -0.4 is 5.32 Å². The molecule has 0 aromatic rings. The van der Waals surface area contributed by atoms with E-state index in [1.807, 2.05) is 6.08 Å². The lowest BCUT2D eigenvalue weighted by Crippen LogP contribution is -2.66. The summed E-state index contributed by atoms with van der Waals surface area (Å²) in [6, 6.07) is -1.01. The highest BCUT2D eigenvalue weighted by molar-refractivity contribution is 5.76. The van der Waals surface area contributed by atoms with Crippen LogP contribution in [-0.2, 0) is 33.2 Å². The normalized spacial score (nSPS) is 26.5. The molecule has 1 amide bonds. The van der Waals surface area contributed by atoms with Gasteiger partial charge in [0.25, 0.3) is 0 Å². The largest absolute Gasteiger partial charge is 0.394 e. The van der Waals surface area contributed by atoms with Crippen LogP contribution in [0.25, 0.3) is 0 Å². The molecule has 19 nitrogen and oxygen atoms in total. The number of nitrogens with one attached hydrogen (secondary N) is 1. The van der Waals surface area contributed by atoms with Crippen LogP contribution in [-0.4, -0.2) is 193 Å². The van der Waals surface area contributed by atoms with E-state index >= 15 is 0 Å². The maximum atomic E-state index is 13.5. The van der Waals surface area contributed by atoms with Crippen molar-refractivity contribution >= 4 is 5.91 Å². The monoisotopic (exact) mass is 1470 g/mol. The first-order valence-electron chi connectivity index (χ1n) is 41.1. The number of hydrogen-bond donors (Lipinski definition) is 12. The Morgan fingerprint density at radius 3 is 1.04 bits per heavy atom. The zero-order valence-corrected chi connectivity index (χ0v) is 64.2. The van der Waals surface area contributed by atoms with Crippen molar-refractivity contribution in [1.82, 2.24) is 5.32 Å². The topological polar surface area (TPSA) is 307 Å². The van der Waals surface area contributed by atoms with Crippen molar-refractivity contribution in [3.63, 3.8) is 0 Å². The number of allylic oxidation sites excluding steroid dienone is 17. The Balaban J connectivity index is 1.39. The van der Waals surface area contributed by atoms with Gasteiger partial charge in [-0.3, -0.25) is 4.79 Å². The number of unbranched alkanes of at least 4 members (excludes halogenated alkanes) is 32. The van der Waals surface area contributed by atoms with Gasteiger partial charge < -0.3 is 89.9 Å². The highest BCUT2D eigenvalue weighted by Crippen LogP contribution is 2.33. The molecule has 0 aromatic heterocycles. The highest BCUT2D eigenvalue weighted by atomic mass is 16.8. The fourth-order valence-corrected chi connectivity index (χ4v) is 13.3. The van der Waals surface area contributed by atoms with Crippen LogP contribution in [0.3, 0.4) is 0 Å². The van der Waals surface area contributed by atoms with Gasteiger partial charge in [-0.2, -0.15) is 0 Å². The van der Waals surface area contributed by atoms with E-state index in [0.29, 0.717) is 6.42 Å². The van der Waals surface area contributed by atoms with E-state index < -0.39 is 124 Å². The van der Waals surface area contributed by atoms with Gasteiger partial charge in [-0.05, 0) is 83.5 Å². The molecule has 3 saturated heterocycles. The van der Waals surface area contributed by atoms with Crippen molar-refractivity contribution in [2.75, 3.05) is 26.4 Å². The van der Waals surface area contributed by atoms with Crippen molar-refractivity contribution in [2.24, 2.45) is 0 Å². The summed E-state index contributed by atoms with van der Waals surface area (Å²) in [5, 5.41) is 121. The first-order chi connectivity index (χ1) is 50.8. The van der Waals surface area contributed by atoms with Gasteiger partial charge in [-0.1, -0.05) is 309 Å². The second-order valence-electron chi connectivity index (χ2n) is 28.9. The molecule has 0 saturated carbocycles. The van der Waals surface area contributed by atoms with E-state index in [1.165, 1.54) is 173 Å². The Hall–Kier alpha value is -3.55. The molecule has 19 heteroatoms. The molecule has 104 heavy (non-hydrogen) atoms. The molecule has 12 N–H and O–H groups in total. The second kappa shape index (κ2) is 64.3. The van der Waals surface area contributed by atoms with Crippen molar-refractivity contribution in [1.29, 1.82) is 0 Å². The van der Waals surface area contributed by atoms with E-state index in [9.17, 15) is 61.0 Å².